The van der Waals surface area contributed by atoms with Gasteiger partial charge in [-0.05, 0) is 24.7 Å². The summed E-state index contributed by atoms with van der Waals surface area (Å²) < 4.78 is 5.37. The first kappa shape index (κ1) is 15.8. The van der Waals surface area contributed by atoms with Gasteiger partial charge in [-0.1, -0.05) is 13.8 Å². The van der Waals surface area contributed by atoms with Crippen molar-refractivity contribution in [2.24, 2.45) is 17.8 Å². The second kappa shape index (κ2) is 7.99. The normalized spacial score (nSPS) is 16.2. The van der Waals surface area contributed by atoms with Crippen molar-refractivity contribution in [1.82, 2.24) is 10.6 Å². The van der Waals surface area contributed by atoms with Gasteiger partial charge in [0.15, 0.2) is 0 Å². The minimum absolute atomic E-state index is 0.0142. The molecule has 3 N–H and O–H groups in total. The van der Waals surface area contributed by atoms with E-state index >= 15 is 0 Å². The summed E-state index contributed by atoms with van der Waals surface area (Å²) in [7, 11) is 0. The van der Waals surface area contributed by atoms with Crippen molar-refractivity contribution in [1.29, 1.82) is 0 Å². The van der Waals surface area contributed by atoms with Gasteiger partial charge in [-0.15, -0.1) is 0 Å². The Morgan fingerprint density at radius 3 is 2.53 bits per heavy atom. The van der Waals surface area contributed by atoms with Gasteiger partial charge < -0.3 is 20.5 Å². The van der Waals surface area contributed by atoms with Crippen molar-refractivity contribution >= 4 is 12.0 Å². The number of nitrogens with one attached hydrogen (secondary N) is 2. The Bertz CT molecular complexity index is 303. The molecule has 0 bridgehead atoms. The van der Waals surface area contributed by atoms with E-state index in [4.69, 9.17) is 9.84 Å². The summed E-state index contributed by atoms with van der Waals surface area (Å²) in [6, 6.07) is -0.345. The number of amides is 2. The van der Waals surface area contributed by atoms with Gasteiger partial charge in [-0.3, -0.25) is 4.79 Å². The van der Waals surface area contributed by atoms with Crippen molar-refractivity contribution in [3.8, 4) is 0 Å². The average molecular weight is 272 g/mol. The Morgan fingerprint density at radius 2 is 2.00 bits per heavy atom. The van der Waals surface area contributed by atoms with Gasteiger partial charge in [0.05, 0.1) is 12.5 Å². The maximum absolute atomic E-state index is 11.4. The molecule has 6 nitrogen and oxygen atoms in total. The van der Waals surface area contributed by atoms with Crippen LogP contribution in [0.5, 0.6) is 0 Å². The summed E-state index contributed by atoms with van der Waals surface area (Å²) in [6.45, 7) is 5.50. The SMILES string of the molecule is CC(C)C(CNC(=O)NCCOCC1CC1)C(=O)O. The van der Waals surface area contributed by atoms with Gasteiger partial charge in [0.2, 0.25) is 0 Å². The second-order valence-corrected chi connectivity index (χ2v) is 5.34. The summed E-state index contributed by atoms with van der Waals surface area (Å²) in [6.07, 6.45) is 2.50. The molecule has 0 spiro atoms. The Kier molecular flexibility index (Phi) is 6.62. The van der Waals surface area contributed by atoms with E-state index in [0.29, 0.717) is 13.2 Å². The average Bonchev–Trinajstić information content (AvgIpc) is 3.11. The smallest absolute Gasteiger partial charge is 0.314 e. The van der Waals surface area contributed by atoms with Crippen molar-refractivity contribution in [3.05, 3.63) is 0 Å². The van der Waals surface area contributed by atoms with Crippen molar-refractivity contribution < 1.29 is 19.4 Å². The van der Waals surface area contributed by atoms with Gasteiger partial charge in [0.1, 0.15) is 0 Å². The van der Waals surface area contributed by atoms with Crippen LogP contribution in [0, 0.1) is 17.8 Å². The molecule has 110 valence electrons. The topological polar surface area (TPSA) is 87.7 Å². The molecule has 0 aromatic carbocycles. The first-order valence-electron chi connectivity index (χ1n) is 6.83. The molecule has 1 atom stereocenters. The van der Waals surface area contributed by atoms with Crippen LogP contribution in [-0.4, -0.2) is 43.4 Å². The predicted octanol–water partition coefficient (Wildman–Crippen LogP) is 1.07. The lowest BCUT2D eigenvalue weighted by Crippen LogP contribution is -2.42. The predicted molar refractivity (Wildman–Crippen MR) is 70.9 cm³/mol. The molecule has 1 saturated carbocycles. The molecule has 19 heavy (non-hydrogen) atoms. The summed E-state index contributed by atoms with van der Waals surface area (Å²) in [5, 5.41) is 14.2. The van der Waals surface area contributed by atoms with E-state index in [-0.39, 0.29) is 18.5 Å². The first-order valence-corrected chi connectivity index (χ1v) is 6.83. The molecule has 6 heteroatoms. The highest BCUT2D eigenvalue weighted by atomic mass is 16.5. The summed E-state index contributed by atoms with van der Waals surface area (Å²) in [4.78, 5) is 22.4. The zero-order chi connectivity index (χ0) is 14.3. The zero-order valence-electron chi connectivity index (χ0n) is 11.6. The van der Waals surface area contributed by atoms with E-state index in [2.05, 4.69) is 10.6 Å². The van der Waals surface area contributed by atoms with Crippen LogP contribution < -0.4 is 10.6 Å². The van der Waals surface area contributed by atoms with E-state index in [9.17, 15) is 9.59 Å². The van der Waals surface area contributed by atoms with Crippen molar-refractivity contribution in [3.63, 3.8) is 0 Å². The van der Waals surface area contributed by atoms with E-state index in [1.54, 1.807) is 0 Å². The first-order chi connectivity index (χ1) is 9.00. The second-order valence-electron chi connectivity index (χ2n) is 5.34. The van der Waals surface area contributed by atoms with Gasteiger partial charge >= 0.3 is 12.0 Å². The number of hydrogen-bond acceptors (Lipinski definition) is 3. The number of carboxylic acid groups (broad SMARTS) is 1. The molecular formula is C13H24N2O4. The minimum atomic E-state index is -0.886. The van der Waals surface area contributed by atoms with Gasteiger partial charge in [0, 0.05) is 19.7 Å². The minimum Gasteiger partial charge on any atom is -0.481 e. The maximum Gasteiger partial charge on any atom is 0.314 e. The molecule has 1 rings (SSSR count). The number of rotatable bonds is 9. The fourth-order valence-electron chi connectivity index (χ4n) is 1.64. The quantitative estimate of drug-likeness (QED) is 0.548. The third-order valence-electron chi connectivity index (χ3n) is 3.19. The monoisotopic (exact) mass is 272 g/mol. The van der Waals surface area contributed by atoms with E-state index in [1.165, 1.54) is 12.8 Å². The van der Waals surface area contributed by atoms with Crippen LogP contribution >= 0.6 is 0 Å². The Morgan fingerprint density at radius 1 is 1.32 bits per heavy atom. The third-order valence-corrected chi connectivity index (χ3v) is 3.19. The van der Waals surface area contributed by atoms with Crippen molar-refractivity contribution in [2.75, 3.05) is 26.3 Å². The third kappa shape index (κ3) is 7.00. The van der Waals surface area contributed by atoms with Crippen LogP contribution in [0.25, 0.3) is 0 Å². The number of aliphatic carboxylic acids is 1. The molecule has 0 aliphatic heterocycles. The van der Waals surface area contributed by atoms with Crippen LogP contribution in [0.15, 0.2) is 0 Å². The van der Waals surface area contributed by atoms with Gasteiger partial charge in [-0.2, -0.15) is 0 Å². The molecule has 0 heterocycles. The number of carbonyl (C=O) groups is 2. The highest BCUT2D eigenvalue weighted by Gasteiger charge is 2.22. The van der Waals surface area contributed by atoms with E-state index in [0.717, 1.165) is 12.5 Å². The van der Waals surface area contributed by atoms with E-state index in [1.807, 2.05) is 13.8 Å². The van der Waals surface area contributed by atoms with Crippen molar-refractivity contribution in [2.45, 2.75) is 26.7 Å². The fraction of sp³-hybridized carbons (Fsp3) is 0.846. The standard InChI is InChI=1S/C13H24N2O4/c1-9(2)11(12(16)17)7-15-13(18)14-5-6-19-8-10-3-4-10/h9-11H,3-8H2,1-2H3,(H,16,17)(H2,14,15,18). The lowest BCUT2D eigenvalue weighted by molar-refractivity contribution is -0.142. The lowest BCUT2D eigenvalue weighted by Gasteiger charge is -2.17. The molecular weight excluding hydrogens is 248 g/mol. The molecule has 0 radical (unpaired) electrons. The van der Waals surface area contributed by atoms with Crippen LogP contribution in [-0.2, 0) is 9.53 Å². The number of hydrogen-bond donors (Lipinski definition) is 3. The Hall–Kier alpha value is -1.30. The molecule has 2 amide bonds. The molecule has 0 aromatic heterocycles. The lowest BCUT2D eigenvalue weighted by atomic mass is 9.96. The molecule has 1 unspecified atom stereocenters. The van der Waals surface area contributed by atoms with Crippen LogP contribution in [0.3, 0.4) is 0 Å². The fourth-order valence-corrected chi connectivity index (χ4v) is 1.64. The van der Waals surface area contributed by atoms with Gasteiger partial charge in [0.25, 0.3) is 0 Å². The highest BCUT2D eigenvalue weighted by Crippen LogP contribution is 2.28. The number of carboxylic acids is 1. The summed E-state index contributed by atoms with van der Waals surface area (Å²) in [5.41, 5.74) is 0. The van der Waals surface area contributed by atoms with Crippen LogP contribution in [0.2, 0.25) is 0 Å². The largest absolute Gasteiger partial charge is 0.481 e. The van der Waals surface area contributed by atoms with E-state index < -0.39 is 11.9 Å². The van der Waals surface area contributed by atoms with Gasteiger partial charge in [-0.25, -0.2) is 4.79 Å². The van der Waals surface area contributed by atoms with Crippen LogP contribution in [0.1, 0.15) is 26.7 Å². The molecule has 0 saturated heterocycles. The molecule has 0 aromatic rings. The zero-order valence-corrected chi connectivity index (χ0v) is 11.6. The van der Waals surface area contributed by atoms with Crippen LogP contribution in [0.4, 0.5) is 4.79 Å². The molecule has 1 fully saturated rings. The summed E-state index contributed by atoms with van der Waals surface area (Å²) >= 11 is 0. The Labute approximate surface area is 113 Å². The summed E-state index contributed by atoms with van der Waals surface area (Å²) in [5.74, 6) is -0.740. The maximum atomic E-state index is 11.4. The number of carbonyl (C=O) groups excluding carboxylic acids is 1. The number of urea groups is 1. The molecule has 1 aliphatic rings. The highest BCUT2D eigenvalue weighted by molar-refractivity contribution is 5.75. The number of ether oxygens (including phenoxy) is 1. The Balaban J connectivity index is 2.03. The molecule has 1 aliphatic carbocycles.